The number of rotatable bonds is 6. The highest BCUT2D eigenvalue weighted by Gasteiger charge is 2.38. The molecule has 174 valence electrons. The molecule has 3 amide bonds. The number of hydrogen-bond acceptors (Lipinski definition) is 3. The molecule has 33 heavy (non-hydrogen) atoms. The summed E-state index contributed by atoms with van der Waals surface area (Å²) in [5, 5.41) is 3.13. The Bertz CT molecular complexity index is 999. The van der Waals surface area contributed by atoms with Gasteiger partial charge in [0.05, 0.1) is 5.92 Å². The van der Waals surface area contributed by atoms with Gasteiger partial charge in [0, 0.05) is 43.3 Å². The number of anilines is 2. The van der Waals surface area contributed by atoms with Gasteiger partial charge >= 0.3 is 0 Å². The van der Waals surface area contributed by atoms with Crippen LogP contribution in [0.15, 0.2) is 54.6 Å². The van der Waals surface area contributed by atoms with E-state index in [1.54, 1.807) is 4.90 Å². The SMILES string of the molecule is CCC(C)c1ccccc1NC(=O)C1CCN(C(=O)C2CC(=O)N(c3ccccc3)C2)CC1. The van der Waals surface area contributed by atoms with Crippen LogP contribution in [0, 0.1) is 11.8 Å². The maximum absolute atomic E-state index is 13.1. The van der Waals surface area contributed by atoms with Crippen molar-refractivity contribution in [2.24, 2.45) is 11.8 Å². The molecule has 2 aromatic carbocycles. The molecule has 2 aromatic rings. The molecule has 6 nitrogen and oxygen atoms in total. The molecule has 0 aliphatic carbocycles. The first-order valence-corrected chi connectivity index (χ1v) is 12.0. The van der Waals surface area contributed by atoms with Crippen LogP contribution in [-0.2, 0) is 14.4 Å². The van der Waals surface area contributed by atoms with Crippen LogP contribution in [0.4, 0.5) is 11.4 Å². The molecule has 1 N–H and O–H groups in total. The second-order valence-electron chi connectivity index (χ2n) is 9.23. The van der Waals surface area contributed by atoms with Crippen LogP contribution in [-0.4, -0.2) is 42.3 Å². The number of amides is 3. The molecule has 6 heteroatoms. The van der Waals surface area contributed by atoms with E-state index in [9.17, 15) is 14.4 Å². The van der Waals surface area contributed by atoms with E-state index in [0.29, 0.717) is 38.4 Å². The highest BCUT2D eigenvalue weighted by molar-refractivity contribution is 6.00. The Hall–Kier alpha value is -3.15. The summed E-state index contributed by atoms with van der Waals surface area (Å²) < 4.78 is 0. The molecule has 0 radical (unpaired) electrons. The van der Waals surface area contributed by atoms with Gasteiger partial charge in [-0.25, -0.2) is 0 Å². The number of piperidine rings is 1. The van der Waals surface area contributed by atoms with Crippen molar-refractivity contribution in [1.82, 2.24) is 4.90 Å². The van der Waals surface area contributed by atoms with E-state index in [1.165, 1.54) is 0 Å². The summed E-state index contributed by atoms with van der Waals surface area (Å²) in [6, 6.07) is 17.5. The van der Waals surface area contributed by atoms with E-state index in [0.717, 1.165) is 23.4 Å². The van der Waals surface area contributed by atoms with Gasteiger partial charge in [0.1, 0.15) is 0 Å². The highest BCUT2D eigenvalue weighted by atomic mass is 16.2. The number of carbonyl (C=O) groups is 3. The van der Waals surface area contributed by atoms with E-state index in [1.807, 2.05) is 53.4 Å². The maximum atomic E-state index is 13.1. The standard InChI is InChI=1S/C27H33N3O3/c1-3-19(2)23-11-7-8-12-24(23)28-26(32)20-13-15-29(16-14-20)27(33)21-17-25(31)30(18-21)22-9-5-4-6-10-22/h4-12,19-21H,3,13-18H2,1-2H3,(H,28,32). The summed E-state index contributed by atoms with van der Waals surface area (Å²) in [5.41, 5.74) is 2.89. The fourth-order valence-electron chi connectivity index (χ4n) is 4.85. The predicted octanol–water partition coefficient (Wildman–Crippen LogP) is 4.43. The molecule has 0 aromatic heterocycles. The Kier molecular flexibility index (Phi) is 7.11. The maximum Gasteiger partial charge on any atom is 0.228 e. The van der Waals surface area contributed by atoms with Gasteiger partial charge in [-0.2, -0.15) is 0 Å². The average Bonchev–Trinajstić information content (AvgIpc) is 3.25. The summed E-state index contributed by atoms with van der Waals surface area (Å²) in [4.78, 5) is 42.1. The van der Waals surface area contributed by atoms with E-state index in [2.05, 4.69) is 25.2 Å². The van der Waals surface area contributed by atoms with Gasteiger partial charge < -0.3 is 15.1 Å². The molecule has 2 atom stereocenters. The summed E-state index contributed by atoms with van der Waals surface area (Å²) >= 11 is 0. The number of para-hydroxylation sites is 2. The normalized spacial score (nSPS) is 20.1. The summed E-state index contributed by atoms with van der Waals surface area (Å²) in [6.45, 7) is 5.85. The second-order valence-corrected chi connectivity index (χ2v) is 9.23. The number of nitrogens with zero attached hydrogens (tertiary/aromatic N) is 2. The zero-order valence-corrected chi connectivity index (χ0v) is 19.5. The molecule has 0 bridgehead atoms. The van der Waals surface area contributed by atoms with Crippen LogP contribution in [0.25, 0.3) is 0 Å². The lowest BCUT2D eigenvalue weighted by Gasteiger charge is -2.33. The first-order chi connectivity index (χ1) is 16.0. The van der Waals surface area contributed by atoms with Crippen molar-refractivity contribution in [2.45, 2.75) is 45.4 Å². The zero-order chi connectivity index (χ0) is 23.4. The number of nitrogens with one attached hydrogen (secondary N) is 1. The predicted molar refractivity (Wildman–Crippen MR) is 130 cm³/mol. The number of likely N-dealkylation sites (tertiary alicyclic amines) is 1. The van der Waals surface area contributed by atoms with Crippen molar-refractivity contribution in [2.75, 3.05) is 29.9 Å². The van der Waals surface area contributed by atoms with Crippen LogP contribution in [0.3, 0.4) is 0 Å². The van der Waals surface area contributed by atoms with Gasteiger partial charge in [0.25, 0.3) is 0 Å². The monoisotopic (exact) mass is 447 g/mol. The van der Waals surface area contributed by atoms with E-state index < -0.39 is 0 Å². The van der Waals surface area contributed by atoms with Crippen LogP contribution in [0.5, 0.6) is 0 Å². The molecule has 2 aliphatic rings. The lowest BCUT2D eigenvalue weighted by molar-refractivity contribution is -0.138. The van der Waals surface area contributed by atoms with E-state index in [4.69, 9.17) is 0 Å². The fourth-order valence-corrected chi connectivity index (χ4v) is 4.85. The molecule has 2 unspecified atom stereocenters. The van der Waals surface area contributed by atoms with Crippen molar-refractivity contribution in [3.63, 3.8) is 0 Å². The van der Waals surface area contributed by atoms with Gasteiger partial charge in [0.2, 0.25) is 17.7 Å². The lowest BCUT2D eigenvalue weighted by atomic mass is 9.93. The van der Waals surface area contributed by atoms with Gasteiger partial charge in [-0.15, -0.1) is 0 Å². The van der Waals surface area contributed by atoms with Gasteiger partial charge in [-0.05, 0) is 48.9 Å². The Labute approximate surface area is 196 Å². The van der Waals surface area contributed by atoms with Crippen molar-refractivity contribution in [3.8, 4) is 0 Å². The highest BCUT2D eigenvalue weighted by Crippen LogP contribution is 2.30. The van der Waals surface area contributed by atoms with Gasteiger partial charge in [-0.1, -0.05) is 50.2 Å². The van der Waals surface area contributed by atoms with Crippen molar-refractivity contribution >= 4 is 29.1 Å². The third-order valence-electron chi connectivity index (χ3n) is 7.08. The minimum absolute atomic E-state index is 0.00575. The number of benzene rings is 2. The molecular weight excluding hydrogens is 414 g/mol. The van der Waals surface area contributed by atoms with Crippen LogP contribution >= 0.6 is 0 Å². The van der Waals surface area contributed by atoms with Crippen molar-refractivity contribution < 1.29 is 14.4 Å². The van der Waals surface area contributed by atoms with Gasteiger partial charge in [0.15, 0.2) is 0 Å². The Morgan fingerprint density at radius 3 is 2.36 bits per heavy atom. The molecule has 2 heterocycles. The summed E-state index contributed by atoms with van der Waals surface area (Å²) in [5.74, 6) is 0.0155. The second kappa shape index (κ2) is 10.2. The topological polar surface area (TPSA) is 69.7 Å². The van der Waals surface area contributed by atoms with Crippen molar-refractivity contribution in [1.29, 1.82) is 0 Å². The summed E-state index contributed by atoms with van der Waals surface area (Å²) in [7, 11) is 0. The largest absolute Gasteiger partial charge is 0.342 e. The first kappa shape index (κ1) is 23.0. The number of carbonyl (C=O) groups excluding carboxylic acids is 3. The molecule has 2 aliphatic heterocycles. The van der Waals surface area contributed by atoms with E-state index >= 15 is 0 Å². The quantitative estimate of drug-likeness (QED) is 0.712. The minimum atomic E-state index is -0.314. The third-order valence-corrected chi connectivity index (χ3v) is 7.08. The Morgan fingerprint density at radius 1 is 1.00 bits per heavy atom. The smallest absolute Gasteiger partial charge is 0.228 e. The molecule has 0 spiro atoms. The van der Waals surface area contributed by atoms with Crippen LogP contribution in [0.2, 0.25) is 0 Å². The Morgan fingerprint density at radius 2 is 1.67 bits per heavy atom. The van der Waals surface area contributed by atoms with Crippen LogP contribution < -0.4 is 10.2 Å². The van der Waals surface area contributed by atoms with E-state index in [-0.39, 0.29) is 36.0 Å². The molecule has 2 saturated heterocycles. The molecule has 2 fully saturated rings. The third kappa shape index (κ3) is 5.10. The van der Waals surface area contributed by atoms with Crippen LogP contribution in [0.1, 0.15) is 51.0 Å². The average molecular weight is 448 g/mol. The van der Waals surface area contributed by atoms with Gasteiger partial charge in [-0.3, -0.25) is 14.4 Å². The molecular formula is C27H33N3O3. The molecule has 0 saturated carbocycles. The fraction of sp³-hybridized carbons (Fsp3) is 0.444. The summed E-state index contributed by atoms with van der Waals surface area (Å²) in [6.07, 6.45) is 2.55. The molecule has 4 rings (SSSR count). The minimum Gasteiger partial charge on any atom is -0.342 e. The zero-order valence-electron chi connectivity index (χ0n) is 19.5. The first-order valence-electron chi connectivity index (χ1n) is 12.0. The Balaban J connectivity index is 1.31. The number of hydrogen-bond donors (Lipinski definition) is 1. The van der Waals surface area contributed by atoms with Crippen molar-refractivity contribution in [3.05, 3.63) is 60.2 Å². The lowest BCUT2D eigenvalue weighted by Crippen LogP contribution is -2.44.